The van der Waals surface area contributed by atoms with Gasteiger partial charge in [-0.3, -0.25) is 0 Å². The van der Waals surface area contributed by atoms with Gasteiger partial charge in [-0.15, -0.1) is 0 Å². The first-order valence-electron chi connectivity index (χ1n) is 9.31. The van der Waals surface area contributed by atoms with Gasteiger partial charge in [0.1, 0.15) is 0 Å². The van der Waals surface area contributed by atoms with E-state index in [1.807, 2.05) is 13.0 Å². The lowest BCUT2D eigenvalue weighted by Crippen LogP contribution is -1.82. The molecule has 0 N–H and O–H groups in total. The molecule has 0 aliphatic heterocycles. The van der Waals surface area contributed by atoms with Gasteiger partial charge in [-0.1, -0.05) is 86.2 Å². The van der Waals surface area contributed by atoms with E-state index >= 15 is 0 Å². The van der Waals surface area contributed by atoms with Crippen LogP contribution in [0.2, 0.25) is 0 Å². The first-order valence-corrected chi connectivity index (χ1v) is 9.31. The molecule has 0 spiro atoms. The average Bonchev–Trinajstić information content (AvgIpc) is 2.63. The molecule has 2 aromatic carbocycles. The van der Waals surface area contributed by atoms with Crippen molar-refractivity contribution in [3.05, 3.63) is 94.6 Å². The van der Waals surface area contributed by atoms with Gasteiger partial charge in [-0.25, -0.2) is 0 Å². The Labute approximate surface area is 156 Å². The third-order valence-corrected chi connectivity index (χ3v) is 4.20. The fourth-order valence-electron chi connectivity index (χ4n) is 2.05. The summed E-state index contributed by atoms with van der Waals surface area (Å²) in [6.45, 7) is 14.9. The van der Waals surface area contributed by atoms with Gasteiger partial charge in [0.15, 0.2) is 0 Å². The molecule has 0 bridgehead atoms. The Hall–Kier alpha value is -2.08. The van der Waals surface area contributed by atoms with E-state index < -0.39 is 0 Å². The predicted molar refractivity (Wildman–Crippen MR) is 115 cm³/mol. The Balaban J connectivity index is 0.000000347. The molecule has 2 rings (SSSR count). The van der Waals surface area contributed by atoms with Crippen LogP contribution >= 0.6 is 0 Å². The van der Waals surface area contributed by atoms with E-state index in [0.717, 1.165) is 12.8 Å². The average molecular weight is 337 g/mol. The molecule has 0 unspecified atom stereocenters. The van der Waals surface area contributed by atoms with Crippen molar-refractivity contribution in [1.82, 2.24) is 0 Å². The molecule has 0 heterocycles. The van der Waals surface area contributed by atoms with Gasteiger partial charge in [-0.05, 0) is 69.7 Å². The molecule has 0 fully saturated rings. The van der Waals surface area contributed by atoms with Crippen molar-refractivity contribution in [3.63, 3.8) is 0 Å². The smallest absolute Gasteiger partial charge is 0.0305 e. The lowest BCUT2D eigenvalue weighted by atomic mass is 10.1. The zero-order chi connectivity index (χ0) is 19.1. The summed E-state index contributed by atoms with van der Waals surface area (Å²) < 4.78 is 0. The molecular weight excluding hydrogens is 300 g/mol. The topological polar surface area (TPSA) is 0 Å². The second-order valence-corrected chi connectivity index (χ2v) is 6.26. The van der Waals surface area contributed by atoms with Crippen molar-refractivity contribution in [2.45, 2.75) is 61.3 Å². The molecule has 0 saturated heterocycles. The van der Waals surface area contributed by atoms with E-state index in [-0.39, 0.29) is 0 Å². The van der Waals surface area contributed by atoms with Crippen LogP contribution < -0.4 is 0 Å². The van der Waals surface area contributed by atoms with E-state index in [0.29, 0.717) is 0 Å². The summed E-state index contributed by atoms with van der Waals surface area (Å²) in [7, 11) is 0. The Morgan fingerprint density at radius 2 is 1.28 bits per heavy atom. The minimum absolute atomic E-state index is 1.15. The van der Waals surface area contributed by atoms with Crippen LogP contribution in [0.15, 0.2) is 72.3 Å². The van der Waals surface area contributed by atoms with Crippen LogP contribution in [0, 0.1) is 20.8 Å². The fourth-order valence-corrected chi connectivity index (χ4v) is 2.05. The number of allylic oxidation sites excluding steroid dienone is 4. The van der Waals surface area contributed by atoms with Crippen LogP contribution in [0.3, 0.4) is 0 Å². The predicted octanol–water partition coefficient (Wildman–Crippen LogP) is 7.78. The quantitative estimate of drug-likeness (QED) is 0.502. The fraction of sp³-hybridized carbons (Fsp3) is 0.360. The van der Waals surface area contributed by atoms with E-state index in [2.05, 4.69) is 102 Å². The lowest BCUT2D eigenvalue weighted by Gasteiger charge is -1.98. The molecule has 136 valence electrons. The van der Waals surface area contributed by atoms with Crippen molar-refractivity contribution in [2.24, 2.45) is 0 Å². The van der Waals surface area contributed by atoms with Crippen LogP contribution in [-0.2, 0) is 6.42 Å². The monoisotopic (exact) mass is 336 g/mol. The highest BCUT2D eigenvalue weighted by Crippen LogP contribution is 2.06. The summed E-state index contributed by atoms with van der Waals surface area (Å²) in [5.74, 6) is 0. The zero-order valence-electron chi connectivity index (χ0n) is 17.3. The van der Waals surface area contributed by atoms with Crippen LogP contribution in [0.25, 0.3) is 0 Å². The van der Waals surface area contributed by atoms with Crippen LogP contribution in [0.1, 0.15) is 56.4 Å². The highest BCUT2D eigenvalue weighted by molar-refractivity contribution is 5.25. The Morgan fingerprint density at radius 1 is 0.800 bits per heavy atom. The number of hydrogen-bond donors (Lipinski definition) is 0. The van der Waals surface area contributed by atoms with Gasteiger partial charge in [0.25, 0.3) is 0 Å². The normalized spacial score (nSPS) is 10.6. The lowest BCUT2D eigenvalue weighted by molar-refractivity contribution is 1.10. The van der Waals surface area contributed by atoms with Crippen LogP contribution in [-0.4, -0.2) is 0 Å². The maximum atomic E-state index is 2.18. The molecule has 2 aromatic rings. The van der Waals surface area contributed by atoms with Crippen LogP contribution in [0.4, 0.5) is 0 Å². The van der Waals surface area contributed by atoms with E-state index in [1.165, 1.54) is 27.8 Å². The maximum Gasteiger partial charge on any atom is -0.0305 e. The molecule has 25 heavy (non-hydrogen) atoms. The van der Waals surface area contributed by atoms with Crippen molar-refractivity contribution in [1.29, 1.82) is 0 Å². The molecule has 0 aromatic heterocycles. The molecule has 0 radical (unpaired) electrons. The summed E-state index contributed by atoms with van der Waals surface area (Å²) in [5, 5.41) is 0. The molecular formula is C25H36. The van der Waals surface area contributed by atoms with Crippen molar-refractivity contribution >= 4 is 0 Å². The zero-order valence-corrected chi connectivity index (χ0v) is 17.3. The summed E-state index contributed by atoms with van der Waals surface area (Å²) in [4.78, 5) is 0. The third kappa shape index (κ3) is 11.2. The molecule has 0 saturated carbocycles. The maximum absolute atomic E-state index is 2.18. The number of hydrogen-bond acceptors (Lipinski definition) is 0. The van der Waals surface area contributed by atoms with Gasteiger partial charge in [0.05, 0.1) is 0 Å². The standard InChI is InChI=1S/C9H12.C8H10.C8H14/c1-3-9-7-5-4-6-8(9)2;1-7-5-3-4-6-8(7)2;1-4-6-7-8(3)5-2/h4-7H,3H2,1-2H3;3-6H,1-2H3;4,6-7H,5H2,1-3H3/b;;6-4-,8-7-. The second-order valence-electron chi connectivity index (χ2n) is 6.26. The summed E-state index contributed by atoms with van der Waals surface area (Å²) >= 11 is 0. The highest BCUT2D eigenvalue weighted by Gasteiger charge is 1.89. The van der Waals surface area contributed by atoms with Crippen molar-refractivity contribution in [2.75, 3.05) is 0 Å². The molecule has 0 aliphatic carbocycles. The molecule has 0 aliphatic rings. The minimum Gasteiger partial charge on any atom is -0.0877 e. The Morgan fingerprint density at radius 3 is 1.60 bits per heavy atom. The number of benzene rings is 2. The van der Waals surface area contributed by atoms with Crippen molar-refractivity contribution < 1.29 is 0 Å². The molecule has 0 heteroatoms. The van der Waals surface area contributed by atoms with Gasteiger partial charge < -0.3 is 0 Å². The summed E-state index contributed by atoms with van der Waals surface area (Å²) in [5.41, 5.74) is 7.03. The van der Waals surface area contributed by atoms with Gasteiger partial charge in [0, 0.05) is 0 Å². The number of rotatable bonds is 3. The van der Waals surface area contributed by atoms with E-state index in [4.69, 9.17) is 0 Å². The minimum atomic E-state index is 1.15. The SMILES string of the molecule is C/C=C\C=C(\C)CC.CCc1ccccc1C.Cc1ccccc1C. The van der Waals surface area contributed by atoms with Crippen molar-refractivity contribution in [3.8, 4) is 0 Å². The second kappa shape index (κ2) is 14.3. The first-order chi connectivity index (χ1) is 12.0. The van der Waals surface area contributed by atoms with Gasteiger partial charge in [0.2, 0.25) is 0 Å². The molecule has 0 atom stereocenters. The highest BCUT2D eigenvalue weighted by atomic mass is 14.0. The van der Waals surface area contributed by atoms with Crippen LogP contribution in [0.5, 0.6) is 0 Å². The van der Waals surface area contributed by atoms with Gasteiger partial charge >= 0.3 is 0 Å². The van der Waals surface area contributed by atoms with E-state index in [1.54, 1.807) is 0 Å². The largest absolute Gasteiger partial charge is 0.0877 e. The summed E-state index contributed by atoms with van der Waals surface area (Å²) in [6.07, 6.45) is 8.55. The van der Waals surface area contributed by atoms with E-state index in [9.17, 15) is 0 Å². The van der Waals surface area contributed by atoms with Gasteiger partial charge in [-0.2, -0.15) is 0 Å². The Bertz CT molecular complexity index is 624. The Kier molecular flexibility index (Phi) is 13.1. The number of aryl methyl sites for hydroxylation is 4. The third-order valence-electron chi connectivity index (χ3n) is 4.20. The summed E-state index contributed by atoms with van der Waals surface area (Å²) in [6, 6.07) is 16.9. The first kappa shape index (κ1) is 22.9. The molecule has 0 amide bonds. The molecule has 0 nitrogen and oxygen atoms in total.